The molecule has 30 heavy (non-hydrogen) atoms. The van der Waals surface area contributed by atoms with Crippen LogP contribution in [0.2, 0.25) is 0 Å². The zero-order valence-corrected chi connectivity index (χ0v) is 17.8. The Morgan fingerprint density at radius 3 is 2.20 bits per heavy atom. The first-order valence-electron chi connectivity index (χ1n) is 9.74. The number of esters is 1. The van der Waals surface area contributed by atoms with Crippen LogP contribution in [0.5, 0.6) is 5.75 Å². The lowest BCUT2D eigenvalue weighted by Crippen LogP contribution is -2.15. The number of hydrogen-bond donors (Lipinski definition) is 2. The van der Waals surface area contributed by atoms with Gasteiger partial charge in [0.05, 0.1) is 16.0 Å². The van der Waals surface area contributed by atoms with Crippen LogP contribution in [0.15, 0.2) is 47.4 Å². The Labute approximate surface area is 176 Å². The van der Waals surface area contributed by atoms with Crippen molar-refractivity contribution in [3.8, 4) is 5.75 Å². The molecule has 0 radical (unpaired) electrons. The minimum absolute atomic E-state index is 0.249. The van der Waals surface area contributed by atoms with E-state index < -0.39 is 32.5 Å². The van der Waals surface area contributed by atoms with Crippen molar-refractivity contribution in [2.24, 2.45) is 5.92 Å². The van der Waals surface area contributed by atoms with Gasteiger partial charge >= 0.3 is 11.9 Å². The lowest BCUT2D eigenvalue weighted by Gasteiger charge is -2.09. The second kappa shape index (κ2) is 10.4. The van der Waals surface area contributed by atoms with Crippen molar-refractivity contribution in [3.05, 3.63) is 59.2 Å². The Morgan fingerprint density at radius 1 is 0.967 bits per heavy atom. The van der Waals surface area contributed by atoms with Crippen LogP contribution in [0.25, 0.3) is 0 Å². The highest BCUT2D eigenvalue weighted by Gasteiger charge is 2.22. The minimum Gasteiger partial charge on any atom is -0.478 e. The van der Waals surface area contributed by atoms with E-state index in [9.17, 15) is 23.1 Å². The summed E-state index contributed by atoms with van der Waals surface area (Å²) in [6.07, 6.45) is 5.58. The van der Waals surface area contributed by atoms with Crippen molar-refractivity contribution in [2.75, 3.05) is 0 Å². The molecule has 0 aliphatic rings. The average Bonchev–Trinajstić information content (AvgIpc) is 2.67. The molecule has 2 rings (SSSR count). The van der Waals surface area contributed by atoms with Gasteiger partial charge in [0.1, 0.15) is 5.75 Å². The number of carbonyl (C=O) groups is 2. The first kappa shape index (κ1) is 23.6. The van der Waals surface area contributed by atoms with Crippen LogP contribution in [0.4, 0.5) is 0 Å². The molecule has 7 nitrogen and oxygen atoms in total. The number of hydrogen-bond acceptors (Lipinski definition) is 5. The summed E-state index contributed by atoms with van der Waals surface area (Å²) in [6, 6.07) is 9.63. The van der Waals surface area contributed by atoms with Crippen molar-refractivity contribution in [1.29, 1.82) is 0 Å². The summed E-state index contributed by atoms with van der Waals surface area (Å²) in [4.78, 5) is 23.2. The fourth-order valence-corrected chi connectivity index (χ4v) is 3.49. The van der Waals surface area contributed by atoms with Crippen LogP contribution < -0.4 is 4.74 Å². The number of carbonyl (C=O) groups excluding carboxylic acids is 1. The first-order valence-corrected chi connectivity index (χ1v) is 11.2. The van der Waals surface area contributed by atoms with E-state index in [1.165, 1.54) is 12.8 Å². The second-order valence-corrected chi connectivity index (χ2v) is 8.94. The number of unbranched alkanes of at least 4 members (excludes halogenated alkanes) is 2. The molecular weight excluding hydrogens is 408 g/mol. The monoisotopic (exact) mass is 434 g/mol. The van der Waals surface area contributed by atoms with Crippen molar-refractivity contribution in [3.63, 3.8) is 0 Å². The fraction of sp³-hybridized carbons (Fsp3) is 0.364. The number of benzene rings is 2. The molecule has 2 aromatic carbocycles. The van der Waals surface area contributed by atoms with E-state index in [0.29, 0.717) is 5.92 Å². The SMILES string of the molecule is CC(C)CCCCCc1ccc(OC(=O)c2ccc(S(=O)(=O)O)cc2C(=O)O)cc1. The molecule has 0 saturated heterocycles. The van der Waals surface area contributed by atoms with Gasteiger partial charge in [-0.2, -0.15) is 8.42 Å². The molecule has 8 heteroatoms. The molecule has 0 aliphatic carbocycles. The third-order valence-corrected chi connectivity index (χ3v) is 5.47. The Kier molecular flexibility index (Phi) is 8.14. The fourth-order valence-electron chi connectivity index (χ4n) is 2.98. The zero-order valence-electron chi connectivity index (χ0n) is 17.0. The molecule has 0 fully saturated rings. The summed E-state index contributed by atoms with van der Waals surface area (Å²) >= 11 is 0. The molecule has 0 aromatic heterocycles. The first-order chi connectivity index (χ1) is 14.1. The van der Waals surface area contributed by atoms with E-state index in [4.69, 9.17) is 9.29 Å². The van der Waals surface area contributed by atoms with Crippen LogP contribution in [0.3, 0.4) is 0 Å². The van der Waals surface area contributed by atoms with Crippen molar-refractivity contribution >= 4 is 22.1 Å². The van der Waals surface area contributed by atoms with Gasteiger partial charge in [-0.25, -0.2) is 9.59 Å². The van der Waals surface area contributed by atoms with Gasteiger partial charge in [-0.3, -0.25) is 4.55 Å². The molecule has 0 saturated carbocycles. The van der Waals surface area contributed by atoms with Gasteiger partial charge in [0.25, 0.3) is 10.1 Å². The second-order valence-electron chi connectivity index (χ2n) is 7.51. The zero-order chi connectivity index (χ0) is 22.3. The summed E-state index contributed by atoms with van der Waals surface area (Å²) in [6.45, 7) is 4.42. The molecule has 2 aromatic rings. The number of aryl methyl sites for hydroxylation is 1. The Hall–Kier alpha value is -2.71. The normalized spacial score (nSPS) is 11.5. The average molecular weight is 435 g/mol. The molecule has 162 valence electrons. The smallest absolute Gasteiger partial charge is 0.344 e. The standard InChI is InChI=1S/C22H26O7S/c1-15(2)6-4-3-5-7-16-8-10-17(11-9-16)29-22(25)19-13-12-18(30(26,27)28)14-20(19)21(23)24/h8-15H,3-7H2,1-2H3,(H,23,24)(H,26,27,28). The number of rotatable bonds is 10. The summed E-state index contributed by atoms with van der Waals surface area (Å²) in [5, 5.41) is 9.27. The number of carboxylic acid groups (broad SMARTS) is 1. The van der Waals surface area contributed by atoms with Crippen LogP contribution in [0, 0.1) is 5.92 Å². The summed E-state index contributed by atoms with van der Waals surface area (Å²) in [5.41, 5.74) is 0.223. The highest BCUT2D eigenvalue weighted by Crippen LogP contribution is 2.20. The molecular formula is C22H26O7S. The molecule has 0 aliphatic heterocycles. The van der Waals surface area contributed by atoms with Gasteiger partial charge in [-0.15, -0.1) is 0 Å². The van der Waals surface area contributed by atoms with Crippen LogP contribution in [-0.2, 0) is 16.5 Å². The van der Waals surface area contributed by atoms with Gasteiger partial charge in [0, 0.05) is 0 Å². The third-order valence-electron chi connectivity index (χ3n) is 4.62. The molecule has 0 bridgehead atoms. The molecule has 0 heterocycles. The predicted molar refractivity (Wildman–Crippen MR) is 112 cm³/mol. The van der Waals surface area contributed by atoms with Crippen molar-refractivity contribution in [2.45, 2.75) is 50.8 Å². The summed E-state index contributed by atoms with van der Waals surface area (Å²) in [5.74, 6) is -1.49. The molecule has 0 spiro atoms. The highest BCUT2D eigenvalue weighted by atomic mass is 32.2. The quantitative estimate of drug-likeness (QED) is 0.243. The lowest BCUT2D eigenvalue weighted by molar-refractivity contribution is 0.0667. The molecule has 2 N–H and O–H groups in total. The lowest BCUT2D eigenvalue weighted by atomic mass is 10.0. The largest absolute Gasteiger partial charge is 0.478 e. The Morgan fingerprint density at radius 2 is 1.63 bits per heavy atom. The van der Waals surface area contributed by atoms with E-state index >= 15 is 0 Å². The maximum absolute atomic E-state index is 12.4. The predicted octanol–water partition coefficient (Wildman–Crippen LogP) is 4.61. The maximum atomic E-state index is 12.4. The third kappa shape index (κ3) is 6.96. The van der Waals surface area contributed by atoms with E-state index in [1.807, 2.05) is 12.1 Å². The van der Waals surface area contributed by atoms with Gasteiger partial charge in [-0.05, 0) is 54.7 Å². The van der Waals surface area contributed by atoms with Gasteiger partial charge in [0.15, 0.2) is 0 Å². The number of carboxylic acids is 1. The van der Waals surface area contributed by atoms with Crippen LogP contribution in [0.1, 0.15) is 65.8 Å². The Balaban J connectivity index is 2.03. The summed E-state index contributed by atoms with van der Waals surface area (Å²) in [7, 11) is -4.60. The number of ether oxygens (including phenoxy) is 1. The van der Waals surface area contributed by atoms with Gasteiger partial charge in [-0.1, -0.05) is 45.2 Å². The molecule has 0 unspecified atom stereocenters. The van der Waals surface area contributed by atoms with Crippen LogP contribution in [-0.4, -0.2) is 30.0 Å². The van der Waals surface area contributed by atoms with Gasteiger partial charge < -0.3 is 9.84 Å². The van der Waals surface area contributed by atoms with E-state index in [1.54, 1.807) is 12.1 Å². The Bertz CT molecular complexity index is 993. The van der Waals surface area contributed by atoms with E-state index in [2.05, 4.69) is 13.8 Å². The minimum atomic E-state index is -4.60. The molecule has 0 amide bonds. The summed E-state index contributed by atoms with van der Waals surface area (Å²) < 4.78 is 36.7. The topological polar surface area (TPSA) is 118 Å². The molecule has 0 atom stereocenters. The van der Waals surface area contributed by atoms with E-state index in [-0.39, 0.29) is 11.3 Å². The number of aromatic carboxylic acids is 1. The van der Waals surface area contributed by atoms with Crippen LogP contribution >= 0.6 is 0 Å². The highest BCUT2D eigenvalue weighted by molar-refractivity contribution is 7.85. The van der Waals surface area contributed by atoms with Crippen molar-refractivity contribution < 1.29 is 32.4 Å². The van der Waals surface area contributed by atoms with Crippen molar-refractivity contribution in [1.82, 2.24) is 0 Å². The van der Waals surface area contributed by atoms with E-state index in [0.717, 1.165) is 43.0 Å². The maximum Gasteiger partial charge on any atom is 0.344 e. The van der Waals surface area contributed by atoms with Gasteiger partial charge in [0.2, 0.25) is 0 Å².